The fourth-order valence-electron chi connectivity index (χ4n) is 1.10. The Bertz CT molecular complexity index is 105. The standard InChI is InChI=1S/C5H7N/c1-2-4-5(3-1)6-4/h4H,1-3H2. The molecule has 0 bridgehead atoms. The normalized spacial score (nSPS) is 38.7. The highest BCUT2D eigenvalue weighted by molar-refractivity contribution is 6.02. The van der Waals surface area contributed by atoms with Crippen LogP contribution in [0.25, 0.3) is 0 Å². The summed E-state index contributed by atoms with van der Waals surface area (Å²) in [5.74, 6) is 0. The second kappa shape index (κ2) is 0.673. The first-order chi connectivity index (χ1) is 2.97. The molecule has 0 radical (unpaired) electrons. The second-order valence-corrected chi connectivity index (χ2v) is 2.03. The van der Waals surface area contributed by atoms with Crippen molar-refractivity contribution < 1.29 is 0 Å². The molecule has 1 heterocycles. The molecule has 32 valence electrons. The molecule has 1 atom stereocenters. The molecule has 1 nitrogen and oxygen atoms in total. The van der Waals surface area contributed by atoms with Crippen LogP contribution in [-0.4, -0.2) is 11.8 Å². The van der Waals surface area contributed by atoms with Crippen LogP contribution < -0.4 is 0 Å². The molecule has 1 fully saturated rings. The van der Waals surface area contributed by atoms with Gasteiger partial charge in [0.15, 0.2) is 0 Å². The zero-order valence-corrected chi connectivity index (χ0v) is 3.65. The molecule has 1 heteroatoms. The van der Waals surface area contributed by atoms with Gasteiger partial charge in [0.25, 0.3) is 0 Å². The predicted octanol–water partition coefficient (Wildman–Crippen LogP) is 0.994. The van der Waals surface area contributed by atoms with E-state index in [0.29, 0.717) is 0 Å². The monoisotopic (exact) mass is 81.1 g/mol. The molecule has 1 aliphatic heterocycles. The van der Waals surface area contributed by atoms with Crippen molar-refractivity contribution in [2.24, 2.45) is 4.99 Å². The highest BCUT2D eigenvalue weighted by Gasteiger charge is 2.31. The first kappa shape index (κ1) is 2.78. The van der Waals surface area contributed by atoms with E-state index in [4.69, 9.17) is 0 Å². The van der Waals surface area contributed by atoms with E-state index in [1.54, 1.807) is 0 Å². The van der Waals surface area contributed by atoms with Crippen LogP contribution in [-0.2, 0) is 0 Å². The van der Waals surface area contributed by atoms with Crippen molar-refractivity contribution in [2.75, 3.05) is 0 Å². The molecular formula is C5H7N. The molecule has 0 saturated heterocycles. The molecule has 0 spiro atoms. The summed E-state index contributed by atoms with van der Waals surface area (Å²) in [4.78, 5) is 4.18. The average molecular weight is 81.1 g/mol. The van der Waals surface area contributed by atoms with E-state index in [1.807, 2.05) is 0 Å². The van der Waals surface area contributed by atoms with Gasteiger partial charge in [-0.05, 0) is 19.3 Å². The fourth-order valence-corrected chi connectivity index (χ4v) is 1.10. The third-order valence-corrected chi connectivity index (χ3v) is 1.55. The molecular weight excluding hydrogens is 74.1 g/mol. The van der Waals surface area contributed by atoms with Crippen LogP contribution >= 0.6 is 0 Å². The highest BCUT2D eigenvalue weighted by Crippen LogP contribution is 2.29. The first-order valence-corrected chi connectivity index (χ1v) is 2.53. The van der Waals surface area contributed by atoms with Gasteiger partial charge < -0.3 is 0 Å². The van der Waals surface area contributed by atoms with Gasteiger partial charge in [-0.25, -0.2) is 0 Å². The number of hydrogen-bond acceptors (Lipinski definition) is 1. The van der Waals surface area contributed by atoms with Crippen LogP contribution in [0.15, 0.2) is 4.99 Å². The summed E-state index contributed by atoms with van der Waals surface area (Å²) in [6, 6.07) is 0.755. The van der Waals surface area contributed by atoms with Gasteiger partial charge in [0.05, 0.1) is 6.04 Å². The maximum atomic E-state index is 4.18. The summed E-state index contributed by atoms with van der Waals surface area (Å²) >= 11 is 0. The molecule has 1 saturated carbocycles. The van der Waals surface area contributed by atoms with Crippen molar-refractivity contribution in [3.05, 3.63) is 0 Å². The van der Waals surface area contributed by atoms with Crippen LogP contribution in [0, 0.1) is 0 Å². The summed E-state index contributed by atoms with van der Waals surface area (Å²) in [6.45, 7) is 0. The third kappa shape index (κ3) is 0.192. The Morgan fingerprint density at radius 3 is 2.83 bits per heavy atom. The summed E-state index contributed by atoms with van der Waals surface area (Å²) in [5.41, 5.74) is 1.50. The molecule has 2 rings (SSSR count). The van der Waals surface area contributed by atoms with E-state index in [1.165, 1.54) is 25.0 Å². The van der Waals surface area contributed by atoms with Gasteiger partial charge in [-0.3, -0.25) is 4.99 Å². The summed E-state index contributed by atoms with van der Waals surface area (Å²) in [6.07, 6.45) is 4.07. The second-order valence-electron chi connectivity index (χ2n) is 2.03. The van der Waals surface area contributed by atoms with E-state index in [9.17, 15) is 0 Å². The first-order valence-electron chi connectivity index (χ1n) is 2.53. The minimum atomic E-state index is 0.755. The van der Waals surface area contributed by atoms with Crippen LogP contribution in [0.2, 0.25) is 0 Å². The lowest BCUT2D eigenvalue weighted by Gasteiger charge is -1.76. The number of rotatable bonds is 0. The SMILES string of the molecule is C1CC2=NC2C1. The molecule has 2 aliphatic rings. The van der Waals surface area contributed by atoms with Gasteiger partial charge in [0, 0.05) is 5.71 Å². The molecule has 0 N–H and O–H groups in total. The maximum absolute atomic E-state index is 4.18. The molecule has 0 aromatic heterocycles. The van der Waals surface area contributed by atoms with Crippen molar-refractivity contribution in [3.63, 3.8) is 0 Å². The Balaban J connectivity index is 2.22. The largest absolute Gasteiger partial charge is 0.283 e. The number of aliphatic imine (C=N–C) groups is 1. The van der Waals surface area contributed by atoms with Gasteiger partial charge in [-0.1, -0.05) is 0 Å². The zero-order valence-electron chi connectivity index (χ0n) is 3.65. The molecule has 0 aromatic rings. The minimum Gasteiger partial charge on any atom is -0.283 e. The number of fused-ring (bicyclic) bond motifs is 1. The summed E-state index contributed by atoms with van der Waals surface area (Å²) in [7, 11) is 0. The predicted molar refractivity (Wildman–Crippen MR) is 25.1 cm³/mol. The smallest absolute Gasteiger partial charge is 0.0876 e. The van der Waals surface area contributed by atoms with E-state index in [-0.39, 0.29) is 0 Å². The fraction of sp³-hybridized carbons (Fsp3) is 0.800. The van der Waals surface area contributed by atoms with Crippen molar-refractivity contribution >= 4 is 5.71 Å². The molecule has 0 aromatic carbocycles. The third-order valence-electron chi connectivity index (χ3n) is 1.55. The molecule has 6 heavy (non-hydrogen) atoms. The van der Waals surface area contributed by atoms with Crippen molar-refractivity contribution in [2.45, 2.75) is 25.3 Å². The Morgan fingerprint density at radius 2 is 2.67 bits per heavy atom. The number of hydrogen-bond donors (Lipinski definition) is 0. The van der Waals surface area contributed by atoms with Crippen LogP contribution in [0.3, 0.4) is 0 Å². The zero-order chi connectivity index (χ0) is 3.98. The lowest BCUT2D eigenvalue weighted by atomic mass is 10.3. The van der Waals surface area contributed by atoms with Gasteiger partial charge in [0.2, 0.25) is 0 Å². The summed E-state index contributed by atoms with van der Waals surface area (Å²) < 4.78 is 0. The Hall–Kier alpha value is -0.330. The minimum absolute atomic E-state index is 0.755. The van der Waals surface area contributed by atoms with Crippen LogP contribution in [0.1, 0.15) is 19.3 Å². The molecule has 0 amide bonds. The van der Waals surface area contributed by atoms with Crippen molar-refractivity contribution in [1.82, 2.24) is 0 Å². The van der Waals surface area contributed by atoms with Gasteiger partial charge in [0.1, 0.15) is 0 Å². The topological polar surface area (TPSA) is 12.4 Å². The van der Waals surface area contributed by atoms with E-state index < -0.39 is 0 Å². The Morgan fingerprint density at radius 1 is 1.67 bits per heavy atom. The quantitative estimate of drug-likeness (QED) is 0.412. The molecule has 1 aliphatic carbocycles. The Labute approximate surface area is 37.1 Å². The van der Waals surface area contributed by atoms with Gasteiger partial charge in [-0.15, -0.1) is 0 Å². The van der Waals surface area contributed by atoms with Crippen LogP contribution in [0.4, 0.5) is 0 Å². The summed E-state index contributed by atoms with van der Waals surface area (Å²) in [5, 5.41) is 0. The Kier molecular flexibility index (Phi) is 0.312. The maximum Gasteiger partial charge on any atom is 0.0876 e. The number of nitrogens with zero attached hydrogens (tertiary/aromatic N) is 1. The van der Waals surface area contributed by atoms with Gasteiger partial charge in [-0.2, -0.15) is 0 Å². The van der Waals surface area contributed by atoms with E-state index in [2.05, 4.69) is 4.99 Å². The van der Waals surface area contributed by atoms with Crippen molar-refractivity contribution in [3.8, 4) is 0 Å². The van der Waals surface area contributed by atoms with E-state index in [0.717, 1.165) is 6.04 Å². The van der Waals surface area contributed by atoms with Gasteiger partial charge >= 0.3 is 0 Å². The van der Waals surface area contributed by atoms with Crippen molar-refractivity contribution in [1.29, 1.82) is 0 Å². The lowest BCUT2D eigenvalue weighted by molar-refractivity contribution is 0.816. The average Bonchev–Trinajstić information content (AvgIpc) is 2.17. The van der Waals surface area contributed by atoms with Crippen LogP contribution in [0.5, 0.6) is 0 Å². The van der Waals surface area contributed by atoms with E-state index >= 15 is 0 Å². The molecule has 1 unspecified atom stereocenters. The highest BCUT2D eigenvalue weighted by atomic mass is 15.0. The lowest BCUT2D eigenvalue weighted by Crippen LogP contribution is -1.79.